The maximum atomic E-state index is 12.1. The van der Waals surface area contributed by atoms with Gasteiger partial charge in [-0.1, -0.05) is 13.3 Å². The Morgan fingerprint density at radius 1 is 1.30 bits per heavy atom. The molecule has 23 heavy (non-hydrogen) atoms. The zero-order valence-electron chi connectivity index (χ0n) is 12.4. The van der Waals surface area contributed by atoms with Gasteiger partial charge in [-0.2, -0.15) is 0 Å². The number of rotatable bonds is 5. The third-order valence-corrected chi connectivity index (χ3v) is 3.93. The third-order valence-electron chi connectivity index (χ3n) is 3.21. The van der Waals surface area contributed by atoms with Crippen LogP contribution in [0.25, 0.3) is 5.69 Å². The third kappa shape index (κ3) is 3.81. The molecule has 1 amide bonds. The maximum absolute atomic E-state index is 12.1. The highest BCUT2D eigenvalue weighted by molar-refractivity contribution is 14.1. The summed E-state index contributed by atoms with van der Waals surface area (Å²) < 4.78 is 1.84. The second-order valence-corrected chi connectivity index (χ2v) is 6.12. The second kappa shape index (κ2) is 7.44. The van der Waals surface area contributed by atoms with Gasteiger partial charge in [0.15, 0.2) is 5.56 Å². The Balaban J connectivity index is 2.51. The number of halogens is 1. The van der Waals surface area contributed by atoms with E-state index in [1.54, 1.807) is 24.3 Å². The molecule has 0 radical (unpaired) electrons. The van der Waals surface area contributed by atoms with Crippen molar-refractivity contribution >= 4 is 28.5 Å². The average Bonchev–Trinajstić information content (AvgIpc) is 2.49. The van der Waals surface area contributed by atoms with Crippen molar-refractivity contribution in [3.05, 3.63) is 54.2 Å². The SMILES string of the molecule is CCCCNC(=O)c1c(O)n(-c2ccc(I)cc2)c(=O)[nH]c1=O. The van der Waals surface area contributed by atoms with Gasteiger partial charge in [-0.05, 0) is 53.3 Å². The Kier molecular flexibility index (Phi) is 5.59. The van der Waals surface area contributed by atoms with E-state index in [4.69, 9.17) is 0 Å². The lowest BCUT2D eigenvalue weighted by atomic mass is 10.2. The molecule has 7 nitrogen and oxygen atoms in total. The van der Waals surface area contributed by atoms with Crippen molar-refractivity contribution in [1.29, 1.82) is 0 Å². The number of aromatic amines is 1. The van der Waals surface area contributed by atoms with Crippen LogP contribution in [0.2, 0.25) is 0 Å². The summed E-state index contributed by atoms with van der Waals surface area (Å²) in [6.45, 7) is 2.35. The number of hydrogen-bond acceptors (Lipinski definition) is 4. The normalized spacial score (nSPS) is 10.5. The Labute approximate surface area is 145 Å². The van der Waals surface area contributed by atoms with Crippen molar-refractivity contribution in [2.24, 2.45) is 0 Å². The summed E-state index contributed by atoms with van der Waals surface area (Å²) in [5, 5.41) is 12.8. The molecule has 0 aliphatic heterocycles. The molecule has 0 fully saturated rings. The number of nitrogens with one attached hydrogen (secondary N) is 2. The van der Waals surface area contributed by atoms with Gasteiger partial charge in [0.1, 0.15) is 0 Å². The van der Waals surface area contributed by atoms with E-state index < -0.39 is 28.6 Å². The fourth-order valence-electron chi connectivity index (χ4n) is 2.03. The van der Waals surface area contributed by atoms with E-state index in [0.29, 0.717) is 12.2 Å². The Hall–Kier alpha value is -2.10. The maximum Gasteiger partial charge on any atom is 0.335 e. The predicted octanol–water partition coefficient (Wildman–Crippen LogP) is 1.37. The summed E-state index contributed by atoms with van der Waals surface area (Å²) in [7, 11) is 0. The summed E-state index contributed by atoms with van der Waals surface area (Å²) in [6, 6.07) is 6.71. The van der Waals surface area contributed by atoms with Crippen LogP contribution in [0.3, 0.4) is 0 Å². The molecule has 0 atom stereocenters. The molecule has 2 rings (SSSR count). The Morgan fingerprint density at radius 3 is 2.57 bits per heavy atom. The first kappa shape index (κ1) is 17.3. The zero-order chi connectivity index (χ0) is 17.0. The summed E-state index contributed by atoms with van der Waals surface area (Å²) in [4.78, 5) is 38.0. The van der Waals surface area contributed by atoms with E-state index in [1.165, 1.54) is 0 Å². The van der Waals surface area contributed by atoms with E-state index in [1.807, 2.05) is 6.92 Å². The average molecular weight is 429 g/mol. The number of amides is 1. The molecule has 0 spiro atoms. The standard InChI is InChI=1S/C15H16IN3O4/c1-2-3-8-17-12(20)11-13(21)18-15(23)19(14(11)22)10-6-4-9(16)5-7-10/h4-7,22H,2-3,8H2,1H3,(H,17,20)(H,18,21,23). The Morgan fingerprint density at radius 2 is 1.96 bits per heavy atom. The van der Waals surface area contributed by atoms with Crippen molar-refractivity contribution in [2.75, 3.05) is 6.54 Å². The van der Waals surface area contributed by atoms with Crippen molar-refractivity contribution in [3.8, 4) is 11.6 Å². The highest BCUT2D eigenvalue weighted by Crippen LogP contribution is 2.17. The monoisotopic (exact) mass is 429 g/mol. The van der Waals surface area contributed by atoms with E-state index in [9.17, 15) is 19.5 Å². The first-order valence-electron chi connectivity index (χ1n) is 7.08. The van der Waals surface area contributed by atoms with Crippen molar-refractivity contribution < 1.29 is 9.90 Å². The van der Waals surface area contributed by atoms with Crippen LogP contribution in [0.4, 0.5) is 0 Å². The van der Waals surface area contributed by atoms with Crippen LogP contribution in [0.5, 0.6) is 5.88 Å². The molecule has 0 unspecified atom stereocenters. The molecule has 8 heteroatoms. The van der Waals surface area contributed by atoms with Gasteiger partial charge in [0.25, 0.3) is 11.5 Å². The van der Waals surface area contributed by atoms with Gasteiger partial charge in [0.2, 0.25) is 5.88 Å². The fourth-order valence-corrected chi connectivity index (χ4v) is 2.39. The van der Waals surface area contributed by atoms with Crippen molar-refractivity contribution in [3.63, 3.8) is 0 Å². The number of benzene rings is 1. The van der Waals surface area contributed by atoms with Gasteiger partial charge in [0, 0.05) is 10.1 Å². The van der Waals surface area contributed by atoms with Crippen LogP contribution < -0.4 is 16.6 Å². The Bertz CT molecular complexity index is 824. The molecule has 122 valence electrons. The first-order valence-corrected chi connectivity index (χ1v) is 8.16. The van der Waals surface area contributed by atoms with Crippen molar-refractivity contribution in [2.45, 2.75) is 19.8 Å². The summed E-state index contributed by atoms with van der Waals surface area (Å²) in [6.07, 6.45) is 1.63. The topological polar surface area (TPSA) is 104 Å². The smallest absolute Gasteiger partial charge is 0.335 e. The zero-order valence-corrected chi connectivity index (χ0v) is 14.6. The van der Waals surface area contributed by atoms with Crippen LogP contribution in [-0.4, -0.2) is 27.1 Å². The van der Waals surface area contributed by atoms with Gasteiger partial charge in [0.05, 0.1) is 5.69 Å². The molecule has 1 aromatic carbocycles. The lowest BCUT2D eigenvalue weighted by Crippen LogP contribution is -2.37. The number of hydrogen-bond donors (Lipinski definition) is 3. The van der Waals surface area contributed by atoms with E-state index in [2.05, 4.69) is 32.9 Å². The molecule has 0 saturated heterocycles. The number of carbonyl (C=O) groups excluding carboxylic acids is 1. The molecule has 1 aromatic heterocycles. The molecular weight excluding hydrogens is 413 g/mol. The quantitative estimate of drug-likeness (QED) is 0.493. The van der Waals surface area contributed by atoms with E-state index >= 15 is 0 Å². The number of carbonyl (C=O) groups is 1. The molecule has 1 heterocycles. The van der Waals surface area contributed by atoms with E-state index in [-0.39, 0.29) is 0 Å². The van der Waals surface area contributed by atoms with E-state index in [0.717, 1.165) is 21.0 Å². The number of H-pyrrole nitrogens is 1. The van der Waals surface area contributed by atoms with Crippen LogP contribution in [0.1, 0.15) is 30.1 Å². The minimum Gasteiger partial charge on any atom is -0.493 e. The summed E-state index contributed by atoms with van der Waals surface area (Å²) >= 11 is 2.10. The van der Waals surface area contributed by atoms with Gasteiger partial charge >= 0.3 is 5.69 Å². The summed E-state index contributed by atoms with van der Waals surface area (Å²) in [5.41, 5.74) is -1.84. The number of aromatic nitrogens is 2. The highest BCUT2D eigenvalue weighted by atomic mass is 127. The van der Waals surface area contributed by atoms with Crippen LogP contribution in [0, 0.1) is 3.57 Å². The second-order valence-electron chi connectivity index (χ2n) is 4.88. The fraction of sp³-hybridized carbons (Fsp3) is 0.267. The molecule has 0 saturated carbocycles. The van der Waals surface area contributed by atoms with Gasteiger partial charge < -0.3 is 10.4 Å². The molecule has 2 aromatic rings. The minimum atomic E-state index is -0.914. The number of nitrogens with zero attached hydrogens (tertiary/aromatic N) is 1. The van der Waals surface area contributed by atoms with Crippen LogP contribution in [-0.2, 0) is 0 Å². The van der Waals surface area contributed by atoms with Gasteiger partial charge in [-0.15, -0.1) is 0 Å². The lowest BCUT2D eigenvalue weighted by molar-refractivity contribution is 0.0947. The predicted molar refractivity (Wildman–Crippen MR) is 94.3 cm³/mol. The summed E-state index contributed by atoms with van der Waals surface area (Å²) in [5.74, 6) is -1.38. The van der Waals surface area contributed by atoms with Crippen LogP contribution >= 0.6 is 22.6 Å². The number of aromatic hydroxyl groups is 1. The molecule has 0 aliphatic carbocycles. The highest BCUT2D eigenvalue weighted by Gasteiger charge is 2.21. The molecule has 3 N–H and O–H groups in total. The molecule has 0 bridgehead atoms. The van der Waals surface area contributed by atoms with Crippen molar-refractivity contribution in [1.82, 2.24) is 14.9 Å². The minimum absolute atomic E-state index is 0.353. The molecule has 0 aliphatic rings. The lowest BCUT2D eigenvalue weighted by Gasteiger charge is -2.11. The number of unbranched alkanes of at least 4 members (excludes halogenated alkanes) is 1. The van der Waals surface area contributed by atoms with Gasteiger partial charge in [-0.25, -0.2) is 9.36 Å². The first-order chi connectivity index (χ1) is 11.0. The molecular formula is C15H16IN3O4. The van der Waals surface area contributed by atoms with Crippen LogP contribution in [0.15, 0.2) is 33.9 Å². The van der Waals surface area contributed by atoms with Gasteiger partial charge in [-0.3, -0.25) is 14.6 Å². The largest absolute Gasteiger partial charge is 0.493 e.